The lowest BCUT2D eigenvalue weighted by Crippen LogP contribution is -2.56. The van der Waals surface area contributed by atoms with Crippen molar-refractivity contribution in [3.63, 3.8) is 0 Å². The molecular weight excluding hydrogens is 244 g/mol. The van der Waals surface area contributed by atoms with Gasteiger partial charge in [-0.2, -0.15) is 0 Å². The van der Waals surface area contributed by atoms with Crippen molar-refractivity contribution in [2.24, 2.45) is 5.73 Å². The minimum Gasteiger partial charge on any atom is -0.353 e. The molecule has 1 heterocycles. The van der Waals surface area contributed by atoms with Gasteiger partial charge in [-0.1, -0.05) is 30.3 Å². The second-order valence-electron chi connectivity index (χ2n) is 4.56. The van der Waals surface area contributed by atoms with Gasteiger partial charge < -0.3 is 20.1 Å². The summed E-state index contributed by atoms with van der Waals surface area (Å²) < 4.78 is 10.8. The Hall–Kier alpha value is -1.43. The summed E-state index contributed by atoms with van der Waals surface area (Å²) in [5.74, 6) is 0.157. The van der Waals surface area contributed by atoms with E-state index in [-0.39, 0.29) is 18.7 Å². The molecule has 0 aromatic heterocycles. The summed E-state index contributed by atoms with van der Waals surface area (Å²) in [6, 6.07) is 10.1. The predicted octanol–water partition coefficient (Wildman–Crippen LogP) is 0.737. The van der Waals surface area contributed by atoms with E-state index in [1.807, 2.05) is 30.3 Å². The molecule has 1 fully saturated rings. The fraction of sp³-hybridized carbons (Fsp3) is 0.500. The van der Waals surface area contributed by atoms with Crippen LogP contribution in [0.4, 0.5) is 0 Å². The minimum atomic E-state index is 0.157. The van der Waals surface area contributed by atoms with Gasteiger partial charge in [-0.15, -0.1) is 0 Å². The molecule has 5 nitrogen and oxygen atoms in total. The van der Waals surface area contributed by atoms with Crippen LogP contribution in [0.1, 0.15) is 12.0 Å². The summed E-state index contributed by atoms with van der Waals surface area (Å²) in [6.07, 6.45) is 0.554. The van der Waals surface area contributed by atoms with Crippen molar-refractivity contribution in [1.82, 2.24) is 4.90 Å². The Bertz CT molecular complexity index is 397. The lowest BCUT2D eigenvalue weighted by atomic mass is 10.0. The average Bonchev–Trinajstić information content (AvgIpc) is 2.44. The first-order valence-corrected chi connectivity index (χ1v) is 6.50. The van der Waals surface area contributed by atoms with E-state index >= 15 is 0 Å². The molecule has 1 aliphatic heterocycles. The molecule has 5 heteroatoms. The van der Waals surface area contributed by atoms with Crippen molar-refractivity contribution in [1.29, 1.82) is 0 Å². The second kappa shape index (κ2) is 7.23. The number of carbonyl (C=O) groups is 1. The number of amides is 1. The first-order chi connectivity index (χ1) is 9.31. The number of hydrogen-bond acceptors (Lipinski definition) is 4. The number of ether oxygens (including phenoxy) is 2. The van der Waals surface area contributed by atoms with E-state index in [0.717, 1.165) is 5.56 Å². The third-order valence-corrected chi connectivity index (χ3v) is 3.13. The monoisotopic (exact) mass is 264 g/mol. The lowest BCUT2D eigenvalue weighted by molar-refractivity contribution is -0.153. The van der Waals surface area contributed by atoms with E-state index in [4.69, 9.17) is 15.2 Å². The molecule has 104 valence electrons. The highest BCUT2D eigenvalue weighted by Crippen LogP contribution is 2.18. The van der Waals surface area contributed by atoms with Crippen LogP contribution in [0.25, 0.3) is 0 Å². The topological polar surface area (TPSA) is 64.8 Å². The second-order valence-corrected chi connectivity index (χ2v) is 4.56. The Labute approximate surface area is 113 Å². The summed E-state index contributed by atoms with van der Waals surface area (Å²) >= 11 is 0. The number of likely N-dealkylation sites (tertiary alicyclic amines) is 1. The molecule has 0 aliphatic carbocycles. The largest absolute Gasteiger partial charge is 0.353 e. The summed E-state index contributed by atoms with van der Waals surface area (Å²) in [4.78, 5) is 13.0. The van der Waals surface area contributed by atoms with Gasteiger partial charge in [0, 0.05) is 19.5 Å². The third-order valence-electron chi connectivity index (χ3n) is 3.13. The molecule has 1 atom stereocenters. The summed E-state index contributed by atoms with van der Waals surface area (Å²) in [5, 5.41) is 0. The Morgan fingerprint density at radius 3 is 2.74 bits per heavy atom. The number of carbonyl (C=O) groups excluding carboxylic acids is 1. The number of nitrogens with zero attached hydrogens (tertiary/aromatic N) is 1. The van der Waals surface area contributed by atoms with E-state index in [1.165, 1.54) is 0 Å². The van der Waals surface area contributed by atoms with Crippen LogP contribution in [0, 0.1) is 0 Å². The number of nitrogens with two attached hydrogens (primary N) is 1. The maximum atomic E-state index is 11.3. The Kier molecular flexibility index (Phi) is 5.32. The molecular formula is C14H20N2O3. The van der Waals surface area contributed by atoms with Gasteiger partial charge >= 0.3 is 0 Å². The minimum absolute atomic E-state index is 0.157. The van der Waals surface area contributed by atoms with Crippen LogP contribution in [-0.2, 0) is 20.9 Å². The van der Waals surface area contributed by atoms with Crippen molar-refractivity contribution in [3.8, 4) is 0 Å². The van der Waals surface area contributed by atoms with Crippen molar-refractivity contribution in [3.05, 3.63) is 35.9 Å². The molecule has 0 bridgehead atoms. The molecule has 1 amide bonds. The summed E-state index contributed by atoms with van der Waals surface area (Å²) in [5.41, 5.74) is 6.56. The molecule has 0 radical (unpaired) electrons. The van der Waals surface area contributed by atoms with Crippen molar-refractivity contribution in [2.45, 2.75) is 19.1 Å². The van der Waals surface area contributed by atoms with Crippen LogP contribution >= 0.6 is 0 Å². The average molecular weight is 264 g/mol. The highest BCUT2D eigenvalue weighted by Gasteiger charge is 2.35. The molecule has 1 aliphatic rings. The summed E-state index contributed by atoms with van der Waals surface area (Å²) in [6.45, 7) is 2.40. The molecule has 0 spiro atoms. The highest BCUT2D eigenvalue weighted by atomic mass is 16.7. The van der Waals surface area contributed by atoms with E-state index in [2.05, 4.69) is 0 Å². The van der Waals surface area contributed by atoms with Gasteiger partial charge in [-0.25, -0.2) is 0 Å². The van der Waals surface area contributed by atoms with Crippen LogP contribution in [0.5, 0.6) is 0 Å². The zero-order chi connectivity index (χ0) is 13.5. The summed E-state index contributed by atoms with van der Waals surface area (Å²) in [7, 11) is 0. The molecule has 1 saturated heterocycles. The third kappa shape index (κ3) is 4.02. The first-order valence-electron chi connectivity index (χ1n) is 6.50. The number of hydrogen-bond donors (Lipinski definition) is 1. The molecule has 0 unspecified atom stereocenters. The van der Waals surface area contributed by atoms with Gasteiger partial charge in [0.05, 0.1) is 19.3 Å². The zero-order valence-electron chi connectivity index (χ0n) is 11.0. The smallest absolute Gasteiger partial charge is 0.225 e. The van der Waals surface area contributed by atoms with Crippen molar-refractivity contribution >= 4 is 5.91 Å². The van der Waals surface area contributed by atoms with Gasteiger partial charge in [0.1, 0.15) is 6.79 Å². The highest BCUT2D eigenvalue weighted by molar-refractivity contribution is 5.83. The number of benzene rings is 1. The van der Waals surface area contributed by atoms with Crippen molar-refractivity contribution < 1.29 is 14.3 Å². The van der Waals surface area contributed by atoms with Gasteiger partial charge in [0.15, 0.2) is 0 Å². The Balaban J connectivity index is 1.56. The SMILES string of the molecule is NCCN1C(=O)C[C@H]1COCOCc1ccccc1. The van der Waals surface area contributed by atoms with E-state index in [9.17, 15) is 4.79 Å². The standard InChI is InChI=1S/C14H20N2O3/c15-6-7-16-13(8-14(16)17)10-19-11-18-9-12-4-2-1-3-5-12/h1-5,13H,6-11,15H2/t13-/m0/s1. The van der Waals surface area contributed by atoms with Gasteiger partial charge in [0.25, 0.3) is 0 Å². The van der Waals surface area contributed by atoms with Crippen LogP contribution in [0.2, 0.25) is 0 Å². The zero-order valence-corrected chi connectivity index (χ0v) is 11.0. The fourth-order valence-corrected chi connectivity index (χ4v) is 2.09. The van der Waals surface area contributed by atoms with E-state index < -0.39 is 0 Å². The van der Waals surface area contributed by atoms with Gasteiger partial charge in [-0.3, -0.25) is 4.79 Å². The van der Waals surface area contributed by atoms with Crippen LogP contribution in [-0.4, -0.2) is 43.3 Å². The predicted molar refractivity (Wildman–Crippen MR) is 71.2 cm³/mol. The maximum Gasteiger partial charge on any atom is 0.225 e. The lowest BCUT2D eigenvalue weighted by Gasteiger charge is -2.39. The van der Waals surface area contributed by atoms with Crippen LogP contribution < -0.4 is 5.73 Å². The first kappa shape index (κ1) is 14.0. The quantitative estimate of drug-likeness (QED) is 0.427. The maximum absolute atomic E-state index is 11.3. The molecule has 2 N–H and O–H groups in total. The molecule has 1 aromatic rings. The van der Waals surface area contributed by atoms with Crippen LogP contribution in [0.3, 0.4) is 0 Å². The Morgan fingerprint density at radius 1 is 1.26 bits per heavy atom. The van der Waals surface area contributed by atoms with E-state index in [0.29, 0.717) is 32.7 Å². The normalized spacial score (nSPS) is 18.5. The molecule has 1 aromatic carbocycles. The number of rotatable bonds is 8. The van der Waals surface area contributed by atoms with Crippen LogP contribution in [0.15, 0.2) is 30.3 Å². The van der Waals surface area contributed by atoms with Gasteiger partial charge in [0.2, 0.25) is 5.91 Å². The fourth-order valence-electron chi connectivity index (χ4n) is 2.09. The van der Waals surface area contributed by atoms with E-state index in [1.54, 1.807) is 4.90 Å². The molecule has 2 rings (SSSR count). The Morgan fingerprint density at radius 2 is 2.05 bits per heavy atom. The van der Waals surface area contributed by atoms with Crippen molar-refractivity contribution in [2.75, 3.05) is 26.5 Å². The molecule has 19 heavy (non-hydrogen) atoms. The molecule has 0 saturated carbocycles. The van der Waals surface area contributed by atoms with Gasteiger partial charge in [-0.05, 0) is 5.56 Å². The number of β-lactam (4-membered cyclic amide) rings is 1.